The highest BCUT2D eigenvalue weighted by molar-refractivity contribution is 14.1. The molecule has 0 N–H and O–H groups in total. The molecule has 1 aliphatic heterocycles. The Morgan fingerprint density at radius 2 is 1.41 bits per heavy atom. The Bertz CT molecular complexity index is 996. The number of benzene rings is 2. The number of carbonyl (C=O) groups excluding carboxylic acids is 3. The van der Waals surface area contributed by atoms with Crippen molar-refractivity contribution >= 4 is 52.3 Å². The van der Waals surface area contributed by atoms with Crippen molar-refractivity contribution < 1.29 is 33.3 Å². The van der Waals surface area contributed by atoms with Gasteiger partial charge in [-0.25, -0.2) is 0 Å². The standard InChI is InChI=1S/C23H23IO7S/c1-13(25)29-19-12-28-23(22(31-15(3)27)21(19)30-14(2)26)32-20-11-7-5-9-17(20)16-8-4-6-10-18(16)24/h4-11,19,21-23H,12H2,1-3H3/t19-,21-,22+,23?/m1/s1. The number of ether oxygens (including phenoxy) is 4. The van der Waals surface area contributed by atoms with Gasteiger partial charge in [-0.05, 0) is 45.9 Å². The number of rotatable bonds is 6. The van der Waals surface area contributed by atoms with E-state index >= 15 is 0 Å². The van der Waals surface area contributed by atoms with Gasteiger partial charge < -0.3 is 18.9 Å². The van der Waals surface area contributed by atoms with Crippen LogP contribution >= 0.6 is 34.4 Å². The van der Waals surface area contributed by atoms with Crippen LogP contribution in [0.2, 0.25) is 0 Å². The molecule has 2 aromatic rings. The molecular formula is C23H23IO7S. The van der Waals surface area contributed by atoms with E-state index in [2.05, 4.69) is 22.6 Å². The van der Waals surface area contributed by atoms with Crippen LogP contribution in [0.25, 0.3) is 11.1 Å². The van der Waals surface area contributed by atoms with Crippen LogP contribution < -0.4 is 0 Å². The second kappa shape index (κ2) is 11.2. The first-order valence-electron chi connectivity index (χ1n) is 9.90. The van der Waals surface area contributed by atoms with Gasteiger partial charge in [-0.3, -0.25) is 14.4 Å². The largest absolute Gasteiger partial charge is 0.456 e. The maximum Gasteiger partial charge on any atom is 0.303 e. The zero-order valence-electron chi connectivity index (χ0n) is 17.8. The molecule has 1 unspecified atom stereocenters. The maximum absolute atomic E-state index is 11.9. The number of halogens is 1. The fourth-order valence-electron chi connectivity index (χ4n) is 3.41. The molecule has 1 fully saturated rings. The summed E-state index contributed by atoms with van der Waals surface area (Å²) in [6, 6.07) is 15.8. The van der Waals surface area contributed by atoms with Gasteiger partial charge >= 0.3 is 17.9 Å². The molecule has 7 nitrogen and oxygen atoms in total. The lowest BCUT2D eigenvalue weighted by molar-refractivity contribution is -0.213. The molecule has 32 heavy (non-hydrogen) atoms. The number of hydrogen-bond donors (Lipinski definition) is 0. The average Bonchev–Trinajstić information content (AvgIpc) is 2.72. The van der Waals surface area contributed by atoms with E-state index < -0.39 is 41.7 Å². The molecule has 3 rings (SSSR count). The Labute approximate surface area is 204 Å². The van der Waals surface area contributed by atoms with Crippen LogP contribution in [-0.2, 0) is 33.3 Å². The normalized spacial score (nSPS) is 22.6. The summed E-state index contributed by atoms with van der Waals surface area (Å²) < 4.78 is 23.3. The fourth-order valence-corrected chi connectivity index (χ4v) is 5.29. The van der Waals surface area contributed by atoms with Crippen LogP contribution in [0.5, 0.6) is 0 Å². The van der Waals surface area contributed by atoms with Crippen LogP contribution in [-0.4, -0.2) is 48.3 Å². The Morgan fingerprint density at radius 1 is 0.844 bits per heavy atom. The molecule has 0 radical (unpaired) electrons. The minimum Gasteiger partial charge on any atom is -0.456 e. The molecule has 1 aliphatic rings. The van der Waals surface area contributed by atoms with Gasteiger partial charge in [0.15, 0.2) is 18.3 Å². The molecule has 4 atom stereocenters. The number of esters is 3. The Balaban J connectivity index is 1.95. The third-order valence-corrected chi connectivity index (χ3v) is 6.79. The number of hydrogen-bond acceptors (Lipinski definition) is 8. The molecular weight excluding hydrogens is 547 g/mol. The summed E-state index contributed by atoms with van der Waals surface area (Å²) >= 11 is 3.65. The first-order chi connectivity index (χ1) is 15.3. The third-order valence-electron chi connectivity index (χ3n) is 4.60. The summed E-state index contributed by atoms with van der Waals surface area (Å²) in [5.74, 6) is -1.68. The Morgan fingerprint density at radius 3 is 2.03 bits per heavy atom. The lowest BCUT2D eigenvalue weighted by Gasteiger charge is -2.40. The monoisotopic (exact) mass is 570 g/mol. The molecule has 170 valence electrons. The molecule has 1 heterocycles. The predicted molar refractivity (Wildman–Crippen MR) is 127 cm³/mol. The van der Waals surface area contributed by atoms with Gasteiger partial charge in [-0.2, -0.15) is 0 Å². The molecule has 1 saturated heterocycles. The second-order valence-electron chi connectivity index (χ2n) is 7.09. The van der Waals surface area contributed by atoms with Crippen molar-refractivity contribution in [2.24, 2.45) is 0 Å². The minimum atomic E-state index is -0.990. The Kier molecular flexibility index (Phi) is 8.55. The third kappa shape index (κ3) is 6.23. The molecule has 0 aliphatic carbocycles. The fraction of sp³-hybridized carbons (Fsp3) is 0.348. The van der Waals surface area contributed by atoms with Crippen molar-refractivity contribution in [3.8, 4) is 11.1 Å². The van der Waals surface area contributed by atoms with E-state index in [4.69, 9.17) is 18.9 Å². The molecule has 0 aromatic heterocycles. The molecule has 2 aromatic carbocycles. The minimum absolute atomic E-state index is 0.00199. The van der Waals surface area contributed by atoms with Crippen molar-refractivity contribution in [1.29, 1.82) is 0 Å². The van der Waals surface area contributed by atoms with Crippen molar-refractivity contribution in [1.82, 2.24) is 0 Å². The van der Waals surface area contributed by atoms with Gasteiger partial charge in [0.2, 0.25) is 0 Å². The molecule has 0 amide bonds. The summed E-state index contributed by atoms with van der Waals surface area (Å²) in [5.41, 5.74) is 1.38. The predicted octanol–water partition coefficient (Wildman–Crippen LogP) is 4.20. The molecule has 0 spiro atoms. The summed E-state index contributed by atoms with van der Waals surface area (Å²) in [4.78, 5) is 36.1. The van der Waals surface area contributed by atoms with Gasteiger partial charge in [0.1, 0.15) is 5.44 Å². The van der Waals surface area contributed by atoms with E-state index in [0.29, 0.717) is 0 Å². The van der Waals surface area contributed by atoms with Gasteiger partial charge in [0.05, 0.1) is 6.61 Å². The lowest BCUT2D eigenvalue weighted by Crippen LogP contribution is -2.56. The van der Waals surface area contributed by atoms with Crippen LogP contribution in [0.3, 0.4) is 0 Å². The molecule has 0 saturated carbocycles. The highest BCUT2D eigenvalue weighted by Crippen LogP contribution is 2.40. The van der Waals surface area contributed by atoms with Crippen molar-refractivity contribution in [2.75, 3.05) is 6.61 Å². The van der Waals surface area contributed by atoms with Crippen molar-refractivity contribution in [3.05, 3.63) is 52.1 Å². The lowest BCUT2D eigenvalue weighted by atomic mass is 10.1. The average molecular weight is 570 g/mol. The summed E-state index contributed by atoms with van der Waals surface area (Å²) in [6.45, 7) is 3.77. The first kappa shape index (κ1) is 24.5. The highest BCUT2D eigenvalue weighted by Gasteiger charge is 2.47. The van der Waals surface area contributed by atoms with Crippen LogP contribution in [0.1, 0.15) is 20.8 Å². The zero-order valence-corrected chi connectivity index (χ0v) is 20.8. The maximum atomic E-state index is 11.9. The zero-order chi connectivity index (χ0) is 23.3. The Hall–Kier alpha value is -2.11. The van der Waals surface area contributed by atoms with Crippen LogP contribution in [0, 0.1) is 3.57 Å². The van der Waals surface area contributed by atoms with E-state index in [1.807, 2.05) is 48.5 Å². The van der Waals surface area contributed by atoms with Crippen molar-refractivity contribution in [2.45, 2.75) is 49.4 Å². The summed E-state index contributed by atoms with van der Waals surface area (Å²) in [5, 5.41) is 0. The van der Waals surface area contributed by atoms with Gasteiger partial charge in [0, 0.05) is 29.2 Å². The summed E-state index contributed by atoms with van der Waals surface area (Å²) in [6.07, 6.45) is -2.85. The smallest absolute Gasteiger partial charge is 0.303 e. The van der Waals surface area contributed by atoms with Crippen LogP contribution in [0.4, 0.5) is 0 Å². The van der Waals surface area contributed by atoms with Gasteiger partial charge in [-0.1, -0.05) is 48.2 Å². The number of carbonyl (C=O) groups is 3. The highest BCUT2D eigenvalue weighted by atomic mass is 127. The first-order valence-corrected chi connectivity index (χ1v) is 11.9. The van der Waals surface area contributed by atoms with Crippen molar-refractivity contribution in [3.63, 3.8) is 0 Å². The van der Waals surface area contributed by atoms with E-state index in [0.717, 1.165) is 19.6 Å². The quantitative estimate of drug-likeness (QED) is 0.290. The SMILES string of the molecule is CC(=O)O[C@H]1[C@H](OC(C)=O)C(Sc2ccccc2-c2ccccc2I)OC[C@H]1OC(C)=O. The van der Waals surface area contributed by atoms with E-state index in [1.165, 1.54) is 32.5 Å². The van der Waals surface area contributed by atoms with E-state index in [9.17, 15) is 14.4 Å². The van der Waals surface area contributed by atoms with Crippen LogP contribution in [0.15, 0.2) is 53.4 Å². The number of thioether (sulfide) groups is 1. The van der Waals surface area contributed by atoms with Gasteiger partial charge in [0.25, 0.3) is 0 Å². The van der Waals surface area contributed by atoms with Gasteiger partial charge in [-0.15, -0.1) is 0 Å². The van der Waals surface area contributed by atoms with E-state index in [1.54, 1.807) is 0 Å². The second-order valence-corrected chi connectivity index (χ2v) is 9.39. The summed E-state index contributed by atoms with van der Waals surface area (Å²) in [7, 11) is 0. The topological polar surface area (TPSA) is 88.1 Å². The molecule has 9 heteroatoms. The molecule has 0 bridgehead atoms. The van der Waals surface area contributed by atoms with E-state index in [-0.39, 0.29) is 6.61 Å².